The van der Waals surface area contributed by atoms with Gasteiger partial charge in [-0.1, -0.05) is 29.3 Å². The lowest BCUT2D eigenvalue weighted by molar-refractivity contribution is 0.237. The number of hydrogen-bond donors (Lipinski definition) is 1. The summed E-state index contributed by atoms with van der Waals surface area (Å²) in [6.45, 7) is 3.22. The smallest absolute Gasteiger partial charge is 0.0471 e. The standard InChI is InChI=1S/C10H11Cl2N/c1-10(4-5-13-10)8-3-2-7(11)6-9(8)12/h2-3,6,13H,4-5H2,1H3. The quantitative estimate of drug-likeness (QED) is 0.760. The Morgan fingerprint density at radius 2 is 2.08 bits per heavy atom. The molecule has 70 valence electrons. The summed E-state index contributed by atoms with van der Waals surface area (Å²) in [5, 5.41) is 4.81. The number of hydrogen-bond acceptors (Lipinski definition) is 1. The van der Waals surface area contributed by atoms with Crippen LogP contribution < -0.4 is 5.32 Å². The average Bonchev–Trinajstić information content (AvgIpc) is 2.00. The maximum atomic E-state index is 6.10. The Balaban J connectivity index is 2.40. The number of nitrogens with one attached hydrogen (secondary N) is 1. The minimum atomic E-state index is 0.0572. The van der Waals surface area contributed by atoms with Crippen LogP contribution in [0.25, 0.3) is 0 Å². The Bertz CT molecular complexity index is 332. The highest BCUT2D eigenvalue weighted by molar-refractivity contribution is 6.35. The second kappa shape index (κ2) is 3.16. The topological polar surface area (TPSA) is 12.0 Å². The van der Waals surface area contributed by atoms with Crippen LogP contribution >= 0.6 is 23.2 Å². The van der Waals surface area contributed by atoms with Gasteiger partial charge in [0.05, 0.1) is 0 Å². The Morgan fingerprint density at radius 1 is 1.38 bits per heavy atom. The summed E-state index contributed by atoms with van der Waals surface area (Å²) >= 11 is 11.9. The van der Waals surface area contributed by atoms with Crippen molar-refractivity contribution in [2.75, 3.05) is 6.54 Å². The predicted molar refractivity (Wildman–Crippen MR) is 56.4 cm³/mol. The van der Waals surface area contributed by atoms with Crippen molar-refractivity contribution in [3.05, 3.63) is 33.8 Å². The molecule has 0 amide bonds. The van der Waals surface area contributed by atoms with Crippen LogP contribution in [0.5, 0.6) is 0 Å². The molecule has 13 heavy (non-hydrogen) atoms. The second-order valence-corrected chi connectivity index (χ2v) is 4.48. The van der Waals surface area contributed by atoms with Gasteiger partial charge in [-0.25, -0.2) is 0 Å². The van der Waals surface area contributed by atoms with Crippen LogP contribution in [0.4, 0.5) is 0 Å². The molecular weight excluding hydrogens is 205 g/mol. The average molecular weight is 216 g/mol. The van der Waals surface area contributed by atoms with Crippen molar-refractivity contribution in [2.45, 2.75) is 18.9 Å². The van der Waals surface area contributed by atoms with E-state index < -0.39 is 0 Å². The van der Waals surface area contributed by atoms with E-state index in [4.69, 9.17) is 23.2 Å². The lowest BCUT2D eigenvalue weighted by Gasteiger charge is -2.41. The van der Waals surface area contributed by atoms with E-state index in [1.807, 2.05) is 12.1 Å². The molecule has 1 heterocycles. The summed E-state index contributed by atoms with van der Waals surface area (Å²) in [6, 6.07) is 5.68. The van der Waals surface area contributed by atoms with E-state index in [0.29, 0.717) is 5.02 Å². The summed E-state index contributed by atoms with van der Waals surface area (Å²) in [7, 11) is 0. The van der Waals surface area contributed by atoms with Crippen LogP contribution in [0.15, 0.2) is 18.2 Å². The first kappa shape index (κ1) is 9.32. The number of benzene rings is 1. The molecule has 0 aliphatic carbocycles. The fourth-order valence-electron chi connectivity index (χ4n) is 1.67. The molecule has 1 aromatic rings. The summed E-state index contributed by atoms with van der Waals surface area (Å²) in [4.78, 5) is 0. The number of rotatable bonds is 1. The van der Waals surface area contributed by atoms with E-state index >= 15 is 0 Å². The van der Waals surface area contributed by atoms with Crippen molar-refractivity contribution in [1.82, 2.24) is 5.32 Å². The fourth-order valence-corrected chi connectivity index (χ4v) is 2.28. The first-order valence-corrected chi connectivity index (χ1v) is 5.08. The molecule has 0 spiro atoms. The zero-order chi connectivity index (χ0) is 9.47. The highest BCUT2D eigenvalue weighted by atomic mass is 35.5. The van der Waals surface area contributed by atoms with Gasteiger partial charge >= 0.3 is 0 Å². The van der Waals surface area contributed by atoms with Crippen molar-refractivity contribution in [3.63, 3.8) is 0 Å². The van der Waals surface area contributed by atoms with Gasteiger partial charge in [0, 0.05) is 15.6 Å². The van der Waals surface area contributed by atoms with Crippen LogP contribution in [0.3, 0.4) is 0 Å². The van der Waals surface area contributed by atoms with Crippen molar-refractivity contribution in [1.29, 1.82) is 0 Å². The zero-order valence-electron chi connectivity index (χ0n) is 7.40. The van der Waals surface area contributed by atoms with Gasteiger partial charge in [-0.15, -0.1) is 0 Å². The van der Waals surface area contributed by atoms with Crippen LogP contribution in [-0.2, 0) is 5.54 Å². The Labute approximate surface area is 88.0 Å². The molecule has 1 saturated heterocycles. The first-order valence-electron chi connectivity index (χ1n) is 4.32. The molecule has 0 bridgehead atoms. The Morgan fingerprint density at radius 3 is 2.54 bits per heavy atom. The third kappa shape index (κ3) is 1.56. The maximum Gasteiger partial charge on any atom is 0.0471 e. The van der Waals surface area contributed by atoms with Gasteiger partial charge in [-0.3, -0.25) is 0 Å². The summed E-state index contributed by atoms with van der Waals surface area (Å²) in [5.41, 5.74) is 1.20. The zero-order valence-corrected chi connectivity index (χ0v) is 8.91. The monoisotopic (exact) mass is 215 g/mol. The van der Waals surface area contributed by atoms with Gasteiger partial charge in [0.2, 0.25) is 0 Å². The van der Waals surface area contributed by atoms with Gasteiger partial charge in [0.1, 0.15) is 0 Å². The minimum absolute atomic E-state index is 0.0572. The van der Waals surface area contributed by atoms with Gasteiger partial charge in [-0.05, 0) is 37.6 Å². The minimum Gasteiger partial charge on any atom is -0.307 e. The molecule has 1 aromatic carbocycles. The summed E-state index contributed by atoms with van der Waals surface area (Å²) in [5.74, 6) is 0. The van der Waals surface area contributed by atoms with Crippen molar-refractivity contribution >= 4 is 23.2 Å². The van der Waals surface area contributed by atoms with E-state index in [2.05, 4.69) is 12.2 Å². The number of halogens is 2. The van der Waals surface area contributed by atoms with Crippen molar-refractivity contribution < 1.29 is 0 Å². The van der Waals surface area contributed by atoms with E-state index in [1.165, 1.54) is 0 Å². The van der Waals surface area contributed by atoms with E-state index in [1.54, 1.807) is 6.07 Å². The summed E-state index contributed by atoms with van der Waals surface area (Å²) in [6.07, 6.45) is 1.13. The van der Waals surface area contributed by atoms with Gasteiger partial charge in [-0.2, -0.15) is 0 Å². The third-order valence-corrected chi connectivity index (χ3v) is 3.21. The highest BCUT2D eigenvalue weighted by Gasteiger charge is 2.34. The molecule has 3 heteroatoms. The van der Waals surface area contributed by atoms with Crippen LogP contribution in [0.2, 0.25) is 10.0 Å². The largest absolute Gasteiger partial charge is 0.307 e. The third-order valence-electron chi connectivity index (χ3n) is 2.67. The SMILES string of the molecule is CC1(c2ccc(Cl)cc2Cl)CCN1. The molecule has 2 rings (SSSR count). The Kier molecular flexibility index (Phi) is 2.26. The first-order chi connectivity index (χ1) is 6.12. The van der Waals surface area contributed by atoms with E-state index in [9.17, 15) is 0 Å². The van der Waals surface area contributed by atoms with Crippen molar-refractivity contribution in [2.24, 2.45) is 0 Å². The molecule has 0 aromatic heterocycles. The van der Waals surface area contributed by atoms with Gasteiger partial charge in [0.25, 0.3) is 0 Å². The fraction of sp³-hybridized carbons (Fsp3) is 0.400. The van der Waals surface area contributed by atoms with Crippen LogP contribution in [0, 0.1) is 0 Å². The molecule has 1 atom stereocenters. The molecular formula is C10H11Cl2N. The van der Waals surface area contributed by atoms with E-state index in [-0.39, 0.29) is 5.54 Å². The molecule has 0 saturated carbocycles. The van der Waals surface area contributed by atoms with Gasteiger partial charge < -0.3 is 5.32 Å². The van der Waals surface area contributed by atoms with E-state index in [0.717, 1.165) is 23.6 Å². The predicted octanol–water partition coefficient (Wildman–Crippen LogP) is 3.20. The molecule has 1 nitrogen and oxygen atoms in total. The summed E-state index contributed by atoms with van der Waals surface area (Å²) < 4.78 is 0. The lowest BCUT2D eigenvalue weighted by Crippen LogP contribution is -2.51. The molecule has 1 aliphatic heterocycles. The van der Waals surface area contributed by atoms with Gasteiger partial charge in [0.15, 0.2) is 0 Å². The normalized spacial score (nSPS) is 27.0. The van der Waals surface area contributed by atoms with Crippen LogP contribution in [-0.4, -0.2) is 6.54 Å². The molecule has 1 unspecified atom stereocenters. The molecule has 1 N–H and O–H groups in total. The maximum absolute atomic E-state index is 6.10. The van der Waals surface area contributed by atoms with Crippen molar-refractivity contribution in [3.8, 4) is 0 Å². The molecule has 0 radical (unpaired) electrons. The second-order valence-electron chi connectivity index (χ2n) is 3.63. The molecule has 1 fully saturated rings. The Hall–Kier alpha value is -0.240. The lowest BCUT2D eigenvalue weighted by atomic mass is 9.83. The molecule has 1 aliphatic rings. The van der Waals surface area contributed by atoms with Crippen LogP contribution in [0.1, 0.15) is 18.9 Å². The highest BCUT2D eigenvalue weighted by Crippen LogP contribution is 2.36.